The third-order valence-corrected chi connectivity index (χ3v) is 6.62. The van der Waals surface area contributed by atoms with Gasteiger partial charge in [-0.2, -0.15) is 0 Å². The Bertz CT molecular complexity index is 935. The van der Waals surface area contributed by atoms with Crippen molar-refractivity contribution in [1.29, 1.82) is 0 Å². The van der Waals surface area contributed by atoms with Crippen molar-refractivity contribution in [2.45, 2.75) is 25.8 Å². The van der Waals surface area contributed by atoms with Gasteiger partial charge in [-0.15, -0.1) is 0 Å². The molecule has 0 saturated carbocycles. The molecule has 1 unspecified atom stereocenters. The fourth-order valence-electron chi connectivity index (χ4n) is 4.59. The molecule has 1 atom stereocenters. The number of carbonyl (C=O) groups is 2. The topological polar surface area (TPSA) is 43.9 Å². The number of halogens is 2. The van der Waals surface area contributed by atoms with Crippen molar-refractivity contribution in [2.24, 2.45) is 5.92 Å². The minimum absolute atomic E-state index is 0.132. The van der Waals surface area contributed by atoms with E-state index in [1.54, 1.807) is 4.90 Å². The van der Waals surface area contributed by atoms with Crippen molar-refractivity contribution in [2.75, 3.05) is 39.3 Å². The summed E-state index contributed by atoms with van der Waals surface area (Å²) >= 11 is 5.98. The molecular formula is C25H29ClFN3O2. The second kappa shape index (κ2) is 10.5. The Morgan fingerprint density at radius 3 is 2.34 bits per heavy atom. The van der Waals surface area contributed by atoms with Crippen LogP contribution in [0.5, 0.6) is 0 Å². The van der Waals surface area contributed by atoms with Gasteiger partial charge in [0.05, 0.1) is 5.92 Å². The van der Waals surface area contributed by atoms with Crippen molar-refractivity contribution in [3.05, 3.63) is 70.5 Å². The zero-order valence-electron chi connectivity index (χ0n) is 18.2. The molecule has 2 saturated heterocycles. The molecule has 170 valence electrons. The first-order valence-corrected chi connectivity index (χ1v) is 11.7. The summed E-state index contributed by atoms with van der Waals surface area (Å²) in [5, 5.41) is 0.737. The molecule has 0 N–H and O–H groups in total. The molecule has 7 heteroatoms. The van der Waals surface area contributed by atoms with Gasteiger partial charge in [0.1, 0.15) is 5.82 Å². The van der Waals surface area contributed by atoms with Gasteiger partial charge < -0.3 is 9.80 Å². The number of nitrogens with zero attached hydrogens (tertiary/aromatic N) is 3. The fourth-order valence-corrected chi connectivity index (χ4v) is 4.72. The van der Waals surface area contributed by atoms with Crippen LogP contribution < -0.4 is 0 Å². The van der Waals surface area contributed by atoms with Crippen molar-refractivity contribution >= 4 is 23.4 Å². The second-order valence-corrected chi connectivity index (χ2v) is 9.12. The molecule has 2 amide bonds. The van der Waals surface area contributed by atoms with Gasteiger partial charge in [-0.25, -0.2) is 4.39 Å². The van der Waals surface area contributed by atoms with Gasteiger partial charge in [-0.1, -0.05) is 23.7 Å². The van der Waals surface area contributed by atoms with Crippen LogP contribution >= 0.6 is 11.6 Å². The van der Waals surface area contributed by atoms with Gasteiger partial charge >= 0.3 is 0 Å². The van der Waals surface area contributed by atoms with E-state index in [1.165, 1.54) is 29.8 Å². The van der Waals surface area contributed by atoms with E-state index in [0.717, 1.165) is 50.5 Å². The van der Waals surface area contributed by atoms with E-state index in [-0.39, 0.29) is 23.5 Å². The smallest absolute Gasteiger partial charge is 0.253 e. The van der Waals surface area contributed by atoms with Crippen LogP contribution in [0.15, 0.2) is 48.5 Å². The highest BCUT2D eigenvalue weighted by Gasteiger charge is 2.32. The highest BCUT2D eigenvalue weighted by molar-refractivity contribution is 6.30. The lowest BCUT2D eigenvalue weighted by Crippen LogP contribution is -2.47. The Labute approximate surface area is 193 Å². The van der Waals surface area contributed by atoms with E-state index < -0.39 is 0 Å². The molecule has 32 heavy (non-hydrogen) atoms. The summed E-state index contributed by atoms with van der Waals surface area (Å²) in [5.41, 5.74) is 1.68. The summed E-state index contributed by atoms with van der Waals surface area (Å²) < 4.78 is 13.2. The molecule has 0 aromatic heterocycles. The fraction of sp³-hybridized carbons (Fsp3) is 0.440. The monoisotopic (exact) mass is 457 g/mol. The lowest BCUT2D eigenvalue weighted by atomic mass is 9.95. The van der Waals surface area contributed by atoms with Gasteiger partial charge in [0.2, 0.25) is 5.91 Å². The largest absolute Gasteiger partial charge is 0.341 e. The molecule has 0 spiro atoms. The van der Waals surface area contributed by atoms with E-state index in [4.69, 9.17) is 11.6 Å². The average molecular weight is 458 g/mol. The van der Waals surface area contributed by atoms with E-state index in [9.17, 15) is 14.0 Å². The molecular weight excluding hydrogens is 429 g/mol. The van der Waals surface area contributed by atoms with Crippen LogP contribution in [0.3, 0.4) is 0 Å². The molecule has 5 nitrogen and oxygen atoms in total. The molecule has 2 heterocycles. The number of carbonyl (C=O) groups excluding carboxylic acids is 2. The van der Waals surface area contributed by atoms with Crippen LogP contribution in [-0.2, 0) is 11.3 Å². The summed E-state index contributed by atoms with van der Waals surface area (Å²) in [4.78, 5) is 32.2. The van der Waals surface area contributed by atoms with Crippen LogP contribution in [0.25, 0.3) is 0 Å². The maximum Gasteiger partial charge on any atom is 0.253 e. The number of rotatable bonds is 4. The van der Waals surface area contributed by atoms with Crippen LogP contribution in [0.1, 0.15) is 35.2 Å². The normalized spacial score (nSPS) is 20.1. The Morgan fingerprint density at radius 1 is 0.875 bits per heavy atom. The second-order valence-electron chi connectivity index (χ2n) is 8.68. The SMILES string of the molecule is O=C(c1ccc(F)cc1)N1CCCC(C(=O)N2CCCN(Cc3ccc(Cl)cc3)CC2)C1. The molecule has 4 rings (SSSR count). The summed E-state index contributed by atoms with van der Waals surface area (Å²) in [7, 11) is 0. The third-order valence-electron chi connectivity index (χ3n) is 6.37. The maximum atomic E-state index is 13.3. The number of benzene rings is 2. The predicted molar refractivity (Wildman–Crippen MR) is 123 cm³/mol. The van der Waals surface area contributed by atoms with Gasteiger partial charge in [0, 0.05) is 56.4 Å². The minimum atomic E-state index is -0.362. The first kappa shape index (κ1) is 22.7. The van der Waals surface area contributed by atoms with Gasteiger partial charge in [-0.05, 0) is 61.2 Å². The van der Waals surface area contributed by atoms with E-state index in [2.05, 4.69) is 4.90 Å². The zero-order valence-corrected chi connectivity index (χ0v) is 18.9. The number of hydrogen-bond acceptors (Lipinski definition) is 3. The van der Waals surface area contributed by atoms with Crippen molar-refractivity contribution in [1.82, 2.24) is 14.7 Å². The molecule has 2 aromatic carbocycles. The maximum absolute atomic E-state index is 13.3. The van der Waals surface area contributed by atoms with Gasteiger partial charge in [0.15, 0.2) is 0 Å². The van der Waals surface area contributed by atoms with Crippen molar-refractivity contribution in [3.8, 4) is 0 Å². The Balaban J connectivity index is 1.32. The first-order valence-electron chi connectivity index (χ1n) is 11.3. The minimum Gasteiger partial charge on any atom is -0.341 e. The first-order chi connectivity index (χ1) is 15.5. The molecule has 0 radical (unpaired) electrons. The van der Waals surface area contributed by atoms with Gasteiger partial charge in [-0.3, -0.25) is 14.5 Å². The van der Waals surface area contributed by atoms with Crippen LogP contribution in [-0.4, -0.2) is 65.8 Å². The molecule has 2 aliphatic rings. The van der Waals surface area contributed by atoms with Crippen LogP contribution in [0, 0.1) is 11.7 Å². The van der Waals surface area contributed by atoms with Crippen molar-refractivity contribution < 1.29 is 14.0 Å². The van der Waals surface area contributed by atoms with Crippen LogP contribution in [0.4, 0.5) is 4.39 Å². The Kier molecular flexibility index (Phi) is 7.43. The number of piperidine rings is 1. The summed E-state index contributed by atoms with van der Waals surface area (Å²) in [6, 6.07) is 13.5. The molecule has 2 aromatic rings. The van der Waals surface area contributed by atoms with E-state index in [1.807, 2.05) is 29.2 Å². The Hall–Kier alpha value is -2.44. The highest BCUT2D eigenvalue weighted by atomic mass is 35.5. The standard InChI is InChI=1S/C25H29ClFN3O2/c26-22-8-4-19(5-9-22)17-28-12-2-14-29(16-15-28)25(32)21-3-1-13-30(18-21)24(31)20-6-10-23(27)11-7-20/h4-11,21H,1-3,12-18H2. The third kappa shape index (κ3) is 5.67. The molecule has 2 fully saturated rings. The number of likely N-dealkylation sites (tertiary alicyclic amines) is 1. The van der Waals surface area contributed by atoms with Crippen molar-refractivity contribution in [3.63, 3.8) is 0 Å². The predicted octanol–water partition coefficient (Wildman–Crippen LogP) is 4.07. The van der Waals surface area contributed by atoms with E-state index >= 15 is 0 Å². The average Bonchev–Trinajstić information content (AvgIpc) is 3.06. The van der Waals surface area contributed by atoms with Gasteiger partial charge in [0.25, 0.3) is 5.91 Å². The van der Waals surface area contributed by atoms with E-state index in [0.29, 0.717) is 25.2 Å². The number of amides is 2. The summed E-state index contributed by atoms with van der Waals surface area (Å²) in [5.74, 6) is -0.516. The summed E-state index contributed by atoms with van der Waals surface area (Å²) in [6.07, 6.45) is 2.54. The summed E-state index contributed by atoms with van der Waals surface area (Å²) in [6.45, 7) is 5.15. The molecule has 0 aliphatic carbocycles. The lowest BCUT2D eigenvalue weighted by molar-refractivity contribution is -0.136. The highest BCUT2D eigenvalue weighted by Crippen LogP contribution is 2.22. The number of hydrogen-bond donors (Lipinski definition) is 0. The Morgan fingerprint density at radius 2 is 1.59 bits per heavy atom. The van der Waals surface area contributed by atoms with Crippen LogP contribution in [0.2, 0.25) is 5.02 Å². The quantitative estimate of drug-likeness (QED) is 0.695. The lowest BCUT2D eigenvalue weighted by Gasteiger charge is -2.35. The zero-order chi connectivity index (χ0) is 22.5. The molecule has 0 bridgehead atoms. The molecule has 2 aliphatic heterocycles.